The van der Waals surface area contributed by atoms with Gasteiger partial charge in [-0.25, -0.2) is 9.18 Å². The van der Waals surface area contributed by atoms with Crippen molar-refractivity contribution in [3.63, 3.8) is 0 Å². The largest absolute Gasteiger partial charge is 0.352 e. The van der Waals surface area contributed by atoms with Gasteiger partial charge in [0.05, 0.1) is 12.2 Å². The van der Waals surface area contributed by atoms with E-state index < -0.39 is 28.7 Å². The Balaban J connectivity index is 2.20. The second kappa shape index (κ2) is 8.83. The van der Waals surface area contributed by atoms with Gasteiger partial charge in [0.1, 0.15) is 5.82 Å². The van der Waals surface area contributed by atoms with E-state index in [1.54, 1.807) is 24.3 Å². The molecule has 9 heteroatoms. The molecule has 3 aromatic rings. The molecule has 7 nitrogen and oxygen atoms in total. The first-order valence-electron chi connectivity index (χ1n) is 8.94. The molecule has 0 spiro atoms. The highest BCUT2D eigenvalue weighted by molar-refractivity contribution is 6.31. The van der Waals surface area contributed by atoms with Gasteiger partial charge in [-0.05, 0) is 42.3 Å². The number of amides is 1. The molecule has 0 bridgehead atoms. The molecule has 1 heterocycles. The lowest BCUT2D eigenvalue weighted by atomic mass is 10.2. The first-order valence-corrected chi connectivity index (χ1v) is 9.32. The number of hydrogen-bond donors (Lipinski definition) is 1. The van der Waals surface area contributed by atoms with Crippen molar-refractivity contribution >= 4 is 17.5 Å². The van der Waals surface area contributed by atoms with Gasteiger partial charge in [0, 0.05) is 11.6 Å². The summed E-state index contributed by atoms with van der Waals surface area (Å²) in [6.07, 6.45) is 0.664. The molecule has 150 valence electrons. The first kappa shape index (κ1) is 20.5. The molecule has 0 saturated heterocycles. The number of carbonyl (C=O) groups excluding carboxylic acids is 1. The molecule has 29 heavy (non-hydrogen) atoms. The highest BCUT2D eigenvalue weighted by Gasteiger charge is 2.20. The summed E-state index contributed by atoms with van der Waals surface area (Å²) >= 11 is 6.16. The quantitative estimate of drug-likeness (QED) is 0.668. The van der Waals surface area contributed by atoms with Gasteiger partial charge >= 0.3 is 5.69 Å². The van der Waals surface area contributed by atoms with Gasteiger partial charge in [-0.15, -0.1) is 0 Å². The van der Waals surface area contributed by atoms with Gasteiger partial charge in [-0.2, -0.15) is 9.78 Å². The number of hydrogen-bond acceptors (Lipinski definition) is 4. The van der Waals surface area contributed by atoms with E-state index in [1.165, 1.54) is 12.1 Å². The lowest BCUT2D eigenvalue weighted by molar-refractivity contribution is 0.0944. The lowest BCUT2D eigenvalue weighted by Crippen LogP contribution is -2.46. The Morgan fingerprint density at radius 3 is 2.48 bits per heavy atom. The van der Waals surface area contributed by atoms with Crippen LogP contribution in [0.1, 0.15) is 29.4 Å². The molecule has 1 N–H and O–H groups in total. The van der Waals surface area contributed by atoms with Crippen LogP contribution in [0.3, 0.4) is 0 Å². The maximum Gasteiger partial charge on any atom is 0.352 e. The fourth-order valence-corrected chi connectivity index (χ4v) is 2.86. The minimum Gasteiger partial charge on any atom is -0.350 e. The zero-order valence-electron chi connectivity index (χ0n) is 15.6. The number of carbonyl (C=O) groups is 1. The molecule has 0 atom stereocenters. The highest BCUT2D eigenvalue weighted by Crippen LogP contribution is 2.15. The van der Waals surface area contributed by atoms with Gasteiger partial charge in [-0.1, -0.05) is 36.7 Å². The summed E-state index contributed by atoms with van der Waals surface area (Å²) in [6, 6.07) is 11.7. The summed E-state index contributed by atoms with van der Waals surface area (Å²) in [6.45, 7) is 2.07. The topological polar surface area (TPSA) is 86.0 Å². The Bertz CT molecular complexity index is 1160. The second-order valence-corrected chi connectivity index (χ2v) is 6.67. The van der Waals surface area contributed by atoms with Crippen LogP contribution in [0.5, 0.6) is 0 Å². The van der Waals surface area contributed by atoms with Crippen LogP contribution in [0.25, 0.3) is 5.69 Å². The molecule has 0 unspecified atom stereocenters. The van der Waals surface area contributed by atoms with Crippen molar-refractivity contribution in [2.45, 2.75) is 19.9 Å². The maximum absolute atomic E-state index is 13.3. The Hall–Kier alpha value is -3.26. The third-order valence-corrected chi connectivity index (χ3v) is 4.54. The van der Waals surface area contributed by atoms with Crippen LogP contribution in [0.2, 0.25) is 5.02 Å². The summed E-state index contributed by atoms with van der Waals surface area (Å²) in [5.41, 5.74) is -1.29. The fraction of sp³-hybridized carbons (Fsp3) is 0.200. The number of nitrogens with one attached hydrogen (secondary N) is 1. The Morgan fingerprint density at radius 2 is 1.83 bits per heavy atom. The number of benzene rings is 2. The van der Waals surface area contributed by atoms with Crippen molar-refractivity contribution in [3.8, 4) is 5.69 Å². The molecular formula is C20H18ClFN4O3. The van der Waals surface area contributed by atoms with E-state index in [9.17, 15) is 18.8 Å². The van der Waals surface area contributed by atoms with E-state index in [0.717, 1.165) is 21.4 Å². The molecular weight excluding hydrogens is 399 g/mol. The van der Waals surface area contributed by atoms with Gasteiger partial charge in [0.25, 0.3) is 11.5 Å². The lowest BCUT2D eigenvalue weighted by Gasteiger charge is -2.13. The van der Waals surface area contributed by atoms with Crippen molar-refractivity contribution in [1.29, 1.82) is 0 Å². The van der Waals surface area contributed by atoms with E-state index in [1.807, 2.05) is 6.92 Å². The second-order valence-electron chi connectivity index (χ2n) is 6.26. The number of rotatable bonds is 6. The van der Waals surface area contributed by atoms with Crippen molar-refractivity contribution in [2.75, 3.05) is 6.54 Å². The number of nitrogens with zero attached hydrogens (tertiary/aromatic N) is 3. The van der Waals surface area contributed by atoms with Crippen molar-refractivity contribution < 1.29 is 9.18 Å². The van der Waals surface area contributed by atoms with Gasteiger partial charge < -0.3 is 5.32 Å². The minimum absolute atomic E-state index is 0.144. The molecule has 0 aliphatic heterocycles. The van der Waals surface area contributed by atoms with Crippen LogP contribution in [0, 0.1) is 5.82 Å². The smallest absolute Gasteiger partial charge is 0.350 e. The average molecular weight is 417 g/mol. The SMILES string of the molecule is CCCNC(=O)c1nn(-c2ccc(F)cc2)c(=O)n(Cc2ccccc2Cl)c1=O. The molecule has 0 aliphatic rings. The van der Waals surface area contributed by atoms with Crippen molar-refractivity contribution in [2.24, 2.45) is 0 Å². The zero-order valence-corrected chi connectivity index (χ0v) is 16.3. The van der Waals surface area contributed by atoms with Gasteiger partial charge in [-0.3, -0.25) is 14.2 Å². The number of aromatic nitrogens is 3. The standard InChI is InChI=1S/C20H18ClFN4O3/c1-2-11-23-18(27)17-19(28)25(12-13-5-3-4-6-16(13)21)20(29)26(24-17)15-9-7-14(22)8-10-15/h3-10H,2,11-12H2,1H3,(H,23,27). The van der Waals surface area contributed by atoms with Crippen LogP contribution >= 0.6 is 11.6 Å². The van der Waals surface area contributed by atoms with Crippen LogP contribution in [-0.2, 0) is 6.54 Å². The van der Waals surface area contributed by atoms with Crippen LogP contribution in [-0.4, -0.2) is 26.8 Å². The molecule has 0 fully saturated rings. The summed E-state index contributed by atoms with van der Waals surface area (Å²) in [4.78, 5) is 38.3. The maximum atomic E-state index is 13.3. The summed E-state index contributed by atoms with van der Waals surface area (Å²) in [7, 11) is 0. The normalized spacial score (nSPS) is 10.7. The first-order chi connectivity index (χ1) is 13.9. The highest BCUT2D eigenvalue weighted by atomic mass is 35.5. The van der Waals surface area contributed by atoms with Gasteiger partial charge in [0.2, 0.25) is 5.69 Å². The molecule has 1 aromatic heterocycles. The van der Waals surface area contributed by atoms with Crippen molar-refractivity contribution in [3.05, 3.63) is 91.5 Å². The molecule has 0 aliphatic carbocycles. The van der Waals surface area contributed by atoms with Crippen LogP contribution in [0.4, 0.5) is 4.39 Å². The van der Waals surface area contributed by atoms with Crippen LogP contribution < -0.4 is 16.6 Å². The fourth-order valence-electron chi connectivity index (χ4n) is 2.67. The Labute approximate surface area is 170 Å². The average Bonchev–Trinajstić information content (AvgIpc) is 2.71. The molecule has 2 aromatic carbocycles. The summed E-state index contributed by atoms with van der Waals surface area (Å²) < 4.78 is 15.1. The summed E-state index contributed by atoms with van der Waals surface area (Å²) in [5, 5.41) is 6.91. The third-order valence-electron chi connectivity index (χ3n) is 4.17. The van der Waals surface area contributed by atoms with Crippen molar-refractivity contribution in [1.82, 2.24) is 19.7 Å². The Kier molecular flexibility index (Phi) is 6.23. The van der Waals surface area contributed by atoms with Crippen LogP contribution in [0.15, 0.2) is 58.1 Å². The van der Waals surface area contributed by atoms with E-state index in [-0.39, 0.29) is 12.2 Å². The third kappa shape index (κ3) is 4.43. The zero-order chi connectivity index (χ0) is 21.0. The monoisotopic (exact) mass is 416 g/mol. The molecule has 0 saturated carbocycles. The predicted octanol–water partition coefficient (Wildman–Crippen LogP) is 2.37. The Morgan fingerprint density at radius 1 is 1.14 bits per heavy atom. The van der Waals surface area contributed by atoms with Gasteiger partial charge in [0.15, 0.2) is 0 Å². The van der Waals surface area contributed by atoms with E-state index in [4.69, 9.17) is 11.6 Å². The van der Waals surface area contributed by atoms with E-state index >= 15 is 0 Å². The summed E-state index contributed by atoms with van der Waals surface area (Å²) in [5.74, 6) is -1.19. The predicted molar refractivity (Wildman–Crippen MR) is 107 cm³/mol. The van der Waals surface area contributed by atoms with E-state index in [0.29, 0.717) is 23.6 Å². The molecule has 3 rings (SSSR count). The number of halogens is 2. The minimum atomic E-state index is -0.832. The molecule has 0 radical (unpaired) electrons. The van der Waals surface area contributed by atoms with E-state index in [2.05, 4.69) is 10.4 Å². The molecule has 1 amide bonds.